The van der Waals surface area contributed by atoms with Gasteiger partial charge in [0.05, 0.1) is 11.0 Å². The molecule has 1 N–H and O–H groups in total. The number of anilines is 1. The number of nitrogens with one attached hydrogen (secondary N) is 1. The largest absolute Gasteiger partial charge is 0.377 e. The number of non-ortho nitro benzene ring substituents is 1. The number of allylic oxidation sites excluding steroid dienone is 2. The van der Waals surface area contributed by atoms with Crippen molar-refractivity contribution in [1.29, 1.82) is 0 Å². The smallest absolute Gasteiger partial charge is 0.269 e. The number of aryl methyl sites for hydroxylation is 1. The molecule has 2 aliphatic rings. The Morgan fingerprint density at radius 2 is 2.12 bits per heavy atom. The molecule has 0 aromatic heterocycles. The average molecular weight is 341 g/mol. The monoisotopic (exact) mass is 340 g/mol. The van der Waals surface area contributed by atoms with Crippen LogP contribution in [0.1, 0.15) is 35.1 Å². The van der Waals surface area contributed by atoms with Crippen molar-refractivity contribution in [2.24, 2.45) is 5.92 Å². The van der Waals surface area contributed by atoms with Crippen LogP contribution in [0.2, 0.25) is 5.02 Å². The van der Waals surface area contributed by atoms with Crippen LogP contribution in [0, 0.1) is 23.0 Å². The summed E-state index contributed by atoms with van der Waals surface area (Å²) in [5, 5.41) is 15.5. The van der Waals surface area contributed by atoms with Crippen LogP contribution in [0.3, 0.4) is 0 Å². The van der Waals surface area contributed by atoms with Gasteiger partial charge in [-0.1, -0.05) is 35.9 Å². The molecule has 0 saturated heterocycles. The van der Waals surface area contributed by atoms with Gasteiger partial charge in [-0.15, -0.1) is 0 Å². The maximum absolute atomic E-state index is 11.1. The minimum atomic E-state index is -0.338. The predicted molar refractivity (Wildman–Crippen MR) is 95.6 cm³/mol. The molecule has 1 heterocycles. The summed E-state index contributed by atoms with van der Waals surface area (Å²) < 4.78 is 0. The van der Waals surface area contributed by atoms with Gasteiger partial charge in [0.15, 0.2) is 0 Å². The van der Waals surface area contributed by atoms with Crippen molar-refractivity contribution in [3.05, 3.63) is 80.4 Å². The second-order valence-corrected chi connectivity index (χ2v) is 6.95. The number of halogens is 1. The Kier molecular flexibility index (Phi) is 3.57. The fraction of sp³-hybridized carbons (Fsp3) is 0.263. The summed E-state index contributed by atoms with van der Waals surface area (Å²) in [6, 6.07) is 11.0. The van der Waals surface area contributed by atoms with E-state index in [1.807, 2.05) is 25.1 Å². The van der Waals surface area contributed by atoms with E-state index in [4.69, 9.17) is 11.6 Å². The van der Waals surface area contributed by atoms with Crippen molar-refractivity contribution in [3.8, 4) is 0 Å². The molecule has 122 valence electrons. The Bertz CT molecular complexity index is 862. The summed E-state index contributed by atoms with van der Waals surface area (Å²) in [6.45, 7) is 2.04. The average Bonchev–Trinajstić information content (AvgIpc) is 3.04. The van der Waals surface area contributed by atoms with Crippen LogP contribution in [0.25, 0.3) is 0 Å². The molecule has 4 nitrogen and oxygen atoms in total. The minimum Gasteiger partial charge on any atom is -0.377 e. The zero-order chi connectivity index (χ0) is 16.8. The molecule has 0 radical (unpaired) electrons. The Hall–Kier alpha value is -2.33. The van der Waals surface area contributed by atoms with Crippen LogP contribution in [0.4, 0.5) is 11.4 Å². The van der Waals surface area contributed by atoms with E-state index in [9.17, 15) is 10.1 Å². The molecule has 0 amide bonds. The molecule has 24 heavy (non-hydrogen) atoms. The van der Waals surface area contributed by atoms with Crippen LogP contribution in [0.15, 0.2) is 48.6 Å². The first-order valence-electron chi connectivity index (χ1n) is 8.02. The predicted octanol–water partition coefficient (Wildman–Crippen LogP) is 5.38. The van der Waals surface area contributed by atoms with Gasteiger partial charge in [-0.2, -0.15) is 0 Å². The Labute approximate surface area is 145 Å². The number of hydrogen-bond acceptors (Lipinski definition) is 3. The van der Waals surface area contributed by atoms with E-state index in [1.165, 1.54) is 11.6 Å². The number of benzene rings is 2. The zero-order valence-electron chi connectivity index (χ0n) is 13.2. The highest BCUT2D eigenvalue weighted by atomic mass is 35.5. The molecule has 0 bridgehead atoms. The third-order valence-electron chi connectivity index (χ3n) is 5.07. The molecule has 2 aromatic carbocycles. The van der Waals surface area contributed by atoms with Crippen molar-refractivity contribution in [2.45, 2.75) is 25.3 Å². The lowest BCUT2D eigenvalue weighted by molar-refractivity contribution is -0.384. The normalized spacial score (nSPS) is 24.2. The first-order valence-corrected chi connectivity index (χ1v) is 8.40. The van der Waals surface area contributed by atoms with Crippen LogP contribution in [0.5, 0.6) is 0 Å². The standard InChI is InChI=1S/C19H17ClN2O2/c1-11-8-13(20)10-17-15-6-3-7-16(15)19(21-18(11)17)12-4-2-5-14(9-12)22(23)24/h2-6,8-10,15-16,19,21H,7H2,1H3/t15-,16+,19+/m0/s1. The van der Waals surface area contributed by atoms with E-state index in [2.05, 4.69) is 17.5 Å². The molecule has 0 unspecified atom stereocenters. The first-order chi connectivity index (χ1) is 11.5. The number of fused-ring (bicyclic) bond motifs is 3. The Morgan fingerprint density at radius 1 is 1.29 bits per heavy atom. The van der Waals surface area contributed by atoms with E-state index in [0.29, 0.717) is 11.8 Å². The van der Waals surface area contributed by atoms with Crippen molar-refractivity contribution < 1.29 is 4.92 Å². The van der Waals surface area contributed by atoms with E-state index in [0.717, 1.165) is 28.3 Å². The number of rotatable bonds is 2. The maximum Gasteiger partial charge on any atom is 0.269 e. The fourth-order valence-corrected chi connectivity index (χ4v) is 4.28. The molecule has 0 saturated carbocycles. The van der Waals surface area contributed by atoms with Crippen molar-refractivity contribution in [1.82, 2.24) is 0 Å². The molecular weight excluding hydrogens is 324 g/mol. The second-order valence-electron chi connectivity index (χ2n) is 6.51. The molecule has 2 aromatic rings. The number of nitro groups is 1. The summed E-state index contributed by atoms with van der Waals surface area (Å²) >= 11 is 6.25. The van der Waals surface area contributed by atoms with E-state index in [1.54, 1.807) is 12.1 Å². The van der Waals surface area contributed by atoms with Crippen molar-refractivity contribution in [2.75, 3.05) is 5.32 Å². The van der Waals surface area contributed by atoms with Gasteiger partial charge in [0.1, 0.15) is 0 Å². The lowest BCUT2D eigenvalue weighted by atomic mass is 9.76. The van der Waals surface area contributed by atoms with E-state index < -0.39 is 0 Å². The highest BCUT2D eigenvalue weighted by Crippen LogP contribution is 2.51. The number of nitrogens with zero attached hydrogens (tertiary/aromatic N) is 1. The Balaban J connectivity index is 1.81. The Morgan fingerprint density at radius 3 is 2.92 bits per heavy atom. The van der Waals surface area contributed by atoms with Crippen molar-refractivity contribution in [3.63, 3.8) is 0 Å². The quantitative estimate of drug-likeness (QED) is 0.453. The van der Waals surface area contributed by atoms with Gasteiger partial charge in [0.2, 0.25) is 0 Å². The molecule has 0 fully saturated rings. The van der Waals surface area contributed by atoms with E-state index in [-0.39, 0.29) is 16.7 Å². The van der Waals surface area contributed by atoms with Gasteiger partial charge in [-0.3, -0.25) is 10.1 Å². The summed E-state index contributed by atoms with van der Waals surface area (Å²) in [6.07, 6.45) is 5.40. The van der Waals surface area contributed by atoms with E-state index >= 15 is 0 Å². The molecule has 3 atom stereocenters. The number of hydrogen-bond donors (Lipinski definition) is 1. The highest BCUT2D eigenvalue weighted by molar-refractivity contribution is 6.30. The fourth-order valence-electron chi connectivity index (χ4n) is 4.00. The first kappa shape index (κ1) is 15.2. The molecule has 1 aliphatic carbocycles. The minimum absolute atomic E-state index is 0.0530. The SMILES string of the molecule is Cc1cc(Cl)cc2c1N[C@H](c1cccc([N+](=O)[O-])c1)[C@@H]1CC=C[C@H]21. The van der Waals surface area contributed by atoms with Gasteiger partial charge in [0, 0.05) is 28.8 Å². The molecule has 4 rings (SSSR count). The zero-order valence-corrected chi connectivity index (χ0v) is 14.0. The summed E-state index contributed by atoms with van der Waals surface area (Å²) in [7, 11) is 0. The third-order valence-corrected chi connectivity index (χ3v) is 5.29. The summed E-state index contributed by atoms with van der Waals surface area (Å²) in [5.41, 5.74) is 4.52. The van der Waals surface area contributed by atoms with Gasteiger partial charge in [-0.25, -0.2) is 0 Å². The van der Waals surface area contributed by atoms with Crippen LogP contribution in [-0.2, 0) is 0 Å². The maximum atomic E-state index is 11.1. The van der Waals surface area contributed by atoms with Gasteiger partial charge >= 0.3 is 0 Å². The topological polar surface area (TPSA) is 55.2 Å². The third kappa shape index (κ3) is 2.38. The van der Waals surface area contributed by atoms with Gasteiger partial charge in [-0.05, 0) is 48.1 Å². The highest BCUT2D eigenvalue weighted by Gasteiger charge is 2.38. The van der Waals surface area contributed by atoms with Gasteiger partial charge in [0.25, 0.3) is 5.69 Å². The molecule has 1 aliphatic heterocycles. The second kappa shape index (κ2) is 5.64. The van der Waals surface area contributed by atoms with Crippen LogP contribution in [-0.4, -0.2) is 4.92 Å². The van der Waals surface area contributed by atoms with Gasteiger partial charge < -0.3 is 5.32 Å². The molecule has 0 spiro atoms. The summed E-state index contributed by atoms with van der Waals surface area (Å²) in [4.78, 5) is 10.8. The lowest BCUT2D eigenvalue weighted by Gasteiger charge is -2.38. The molecular formula is C19H17ClN2O2. The molecule has 5 heteroatoms. The summed E-state index contributed by atoms with van der Waals surface area (Å²) in [5.74, 6) is 0.639. The van der Waals surface area contributed by atoms with Crippen LogP contribution >= 0.6 is 11.6 Å². The number of nitro benzene ring substituents is 1. The van der Waals surface area contributed by atoms with Crippen molar-refractivity contribution >= 4 is 23.0 Å². The lowest BCUT2D eigenvalue weighted by Crippen LogP contribution is -2.29. The van der Waals surface area contributed by atoms with Crippen LogP contribution < -0.4 is 5.32 Å².